The maximum atomic E-state index is 11.3. The van der Waals surface area contributed by atoms with E-state index in [2.05, 4.69) is 31.9 Å². The molecule has 0 heterocycles. The third-order valence-electron chi connectivity index (χ3n) is 1.88. The van der Waals surface area contributed by atoms with Gasteiger partial charge in [-0.05, 0) is 37.1 Å². The molecular formula is C10H10Br2O. The summed E-state index contributed by atoms with van der Waals surface area (Å²) in [5.74, 6) is 0.124. The van der Waals surface area contributed by atoms with Gasteiger partial charge in [-0.25, -0.2) is 0 Å². The maximum absolute atomic E-state index is 11.3. The SMILES string of the molecule is CC(=O)c1c(C)cc(Br)cc1CBr. The van der Waals surface area contributed by atoms with Crippen molar-refractivity contribution in [2.45, 2.75) is 19.2 Å². The zero-order valence-corrected chi connectivity index (χ0v) is 10.7. The summed E-state index contributed by atoms with van der Waals surface area (Å²) in [5.41, 5.74) is 2.90. The van der Waals surface area contributed by atoms with E-state index < -0.39 is 0 Å². The molecule has 0 unspecified atom stereocenters. The summed E-state index contributed by atoms with van der Waals surface area (Å²) < 4.78 is 1.02. The molecular weight excluding hydrogens is 296 g/mol. The first kappa shape index (κ1) is 10.9. The fourth-order valence-corrected chi connectivity index (χ4v) is 2.48. The van der Waals surface area contributed by atoms with E-state index in [0.717, 1.165) is 21.2 Å². The molecule has 1 aromatic carbocycles. The van der Waals surface area contributed by atoms with E-state index in [9.17, 15) is 4.79 Å². The van der Waals surface area contributed by atoms with Crippen LogP contribution in [-0.2, 0) is 5.33 Å². The Labute approximate surface area is 94.8 Å². The zero-order chi connectivity index (χ0) is 10.0. The Morgan fingerprint density at radius 1 is 1.46 bits per heavy atom. The lowest BCUT2D eigenvalue weighted by molar-refractivity contribution is 0.101. The van der Waals surface area contributed by atoms with Crippen LogP contribution in [0, 0.1) is 6.92 Å². The molecule has 1 nitrogen and oxygen atoms in total. The minimum atomic E-state index is 0.124. The van der Waals surface area contributed by atoms with Crippen molar-refractivity contribution in [2.24, 2.45) is 0 Å². The minimum absolute atomic E-state index is 0.124. The van der Waals surface area contributed by atoms with Crippen molar-refractivity contribution in [3.05, 3.63) is 33.3 Å². The Balaban J connectivity index is 3.38. The fraction of sp³-hybridized carbons (Fsp3) is 0.300. The van der Waals surface area contributed by atoms with Gasteiger partial charge in [0, 0.05) is 15.4 Å². The highest BCUT2D eigenvalue weighted by molar-refractivity contribution is 9.10. The molecule has 0 aliphatic carbocycles. The highest BCUT2D eigenvalue weighted by Gasteiger charge is 2.10. The van der Waals surface area contributed by atoms with Gasteiger partial charge in [-0.15, -0.1) is 0 Å². The molecule has 0 saturated carbocycles. The van der Waals surface area contributed by atoms with Crippen LogP contribution < -0.4 is 0 Å². The van der Waals surface area contributed by atoms with Gasteiger partial charge in [-0.1, -0.05) is 31.9 Å². The molecule has 0 spiro atoms. The summed E-state index contributed by atoms with van der Waals surface area (Å²) in [7, 11) is 0. The van der Waals surface area contributed by atoms with Crippen molar-refractivity contribution in [2.75, 3.05) is 0 Å². The molecule has 0 aromatic heterocycles. The maximum Gasteiger partial charge on any atom is 0.160 e. The number of halogens is 2. The second-order valence-electron chi connectivity index (χ2n) is 2.95. The van der Waals surface area contributed by atoms with Crippen LogP contribution in [0.25, 0.3) is 0 Å². The van der Waals surface area contributed by atoms with Crippen molar-refractivity contribution < 1.29 is 4.79 Å². The molecule has 0 N–H and O–H groups in total. The first-order valence-electron chi connectivity index (χ1n) is 3.92. The van der Waals surface area contributed by atoms with Crippen molar-refractivity contribution in [3.63, 3.8) is 0 Å². The summed E-state index contributed by atoms with van der Waals surface area (Å²) in [6.45, 7) is 3.55. The summed E-state index contributed by atoms with van der Waals surface area (Å²) in [5, 5.41) is 0.711. The Kier molecular flexibility index (Phi) is 3.68. The van der Waals surface area contributed by atoms with Crippen LogP contribution in [-0.4, -0.2) is 5.78 Å². The van der Waals surface area contributed by atoms with Gasteiger partial charge in [0.15, 0.2) is 5.78 Å². The molecule has 0 amide bonds. The average molecular weight is 306 g/mol. The second kappa shape index (κ2) is 4.38. The standard InChI is InChI=1S/C10H10Br2O/c1-6-3-9(12)4-8(5-11)10(6)7(2)13/h3-4H,5H2,1-2H3. The van der Waals surface area contributed by atoms with Crippen molar-refractivity contribution in [1.29, 1.82) is 0 Å². The molecule has 13 heavy (non-hydrogen) atoms. The average Bonchev–Trinajstić information content (AvgIpc) is 2.01. The molecule has 1 rings (SSSR count). The van der Waals surface area contributed by atoms with E-state index in [1.165, 1.54) is 0 Å². The molecule has 0 bridgehead atoms. The lowest BCUT2D eigenvalue weighted by Crippen LogP contribution is -2.01. The fourth-order valence-electron chi connectivity index (χ4n) is 1.42. The van der Waals surface area contributed by atoms with Gasteiger partial charge in [0.2, 0.25) is 0 Å². The molecule has 1 aromatic rings. The number of aryl methyl sites for hydroxylation is 1. The quantitative estimate of drug-likeness (QED) is 0.599. The molecule has 0 aliphatic heterocycles. The van der Waals surface area contributed by atoms with Gasteiger partial charge in [0.25, 0.3) is 0 Å². The zero-order valence-electron chi connectivity index (χ0n) is 7.53. The van der Waals surface area contributed by atoms with E-state index in [1.54, 1.807) is 6.92 Å². The number of alkyl halides is 1. The summed E-state index contributed by atoms with van der Waals surface area (Å²) in [4.78, 5) is 11.3. The third kappa shape index (κ3) is 2.41. The van der Waals surface area contributed by atoms with Gasteiger partial charge < -0.3 is 0 Å². The number of benzene rings is 1. The number of hydrogen-bond donors (Lipinski definition) is 0. The Hall–Kier alpha value is -0.150. The van der Waals surface area contributed by atoms with Crippen LogP contribution in [0.5, 0.6) is 0 Å². The third-order valence-corrected chi connectivity index (χ3v) is 2.94. The lowest BCUT2D eigenvalue weighted by atomic mass is 10.0. The Morgan fingerprint density at radius 3 is 2.54 bits per heavy atom. The van der Waals surface area contributed by atoms with Gasteiger partial charge in [-0.2, -0.15) is 0 Å². The van der Waals surface area contributed by atoms with Gasteiger partial charge in [0.05, 0.1) is 0 Å². The van der Waals surface area contributed by atoms with Crippen LogP contribution in [0.2, 0.25) is 0 Å². The number of hydrogen-bond acceptors (Lipinski definition) is 1. The largest absolute Gasteiger partial charge is 0.294 e. The second-order valence-corrected chi connectivity index (χ2v) is 4.42. The van der Waals surface area contributed by atoms with Crippen molar-refractivity contribution in [1.82, 2.24) is 0 Å². The van der Waals surface area contributed by atoms with E-state index in [1.807, 2.05) is 19.1 Å². The van der Waals surface area contributed by atoms with Crippen LogP contribution in [0.4, 0.5) is 0 Å². The molecule has 0 saturated heterocycles. The molecule has 0 fully saturated rings. The van der Waals surface area contributed by atoms with Crippen molar-refractivity contribution in [3.8, 4) is 0 Å². The molecule has 0 aliphatic rings. The van der Waals surface area contributed by atoms with E-state index in [4.69, 9.17) is 0 Å². The summed E-state index contributed by atoms with van der Waals surface area (Å²) in [6, 6.07) is 3.93. The smallest absolute Gasteiger partial charge is 0.160 e. The molecule has 3 heteroatoms. The first-order valence-corrected chi connectivity index (χ1v) is 5.83. The Bertz CT molecular complexity index is 345. The van der Waals surface area contributed by atoms with Crippen LogP contribution in [0.1, 0.15) is 28.4 Å². The number of carbonyl (C=O) groups excluding carboxylic acids is 1. The topological polar surface area (TPSA) is 17.1 Å². The number of rotatable bonds is 2. The molecule has 70 valence electrons. The predicted molar refractivity (Wildman–Crippen MR) is 61.5 cm³/mol. The highest BCUT2D eigenvalue weighted by atomic mass is 79.9. The van der Waals surface area contributed by atoms with Gasteiger partial charge in [0.1, 0.15) is 0 Å². The number of carbonyl (C=O) groups is 1. The van der Waals surface area contributed by atoms with Crippen LogP contribution >= 0.6 is 31.9 Å². The first-order chi connectivity index (χ1) is 6.06. The normalized spacial score (nSPS) is 10.2. The number of ketones is 1. The van der Waals surface area contributed by atoms with Gasteiger partial charge >= 0.3 is 0 Å². The molecule has 0 atom stereocenters. The Morgan fingerprint density at radius 2 is 2.08 bits per heavy atom. The summed E-state index contributed by atoms with van der Waals surface area (Å²) in [6.07, 6.45) is 0. The molecule has 0 radical (unpaired) electrons. The van der Waals surface area contributed by atoms with Crippen molar-refractivity contribution >= 4 is 37.6 Å². The van der Waals surface area contributed by atoms with E-state index in [0.29, 0.717) is 5.33 Å². The predicted octanol–water partition coefficient (Wildman–Crippen LogP) is 3.86. The number of Topliss-reactive ketones (excluding diaryl/α,β-unsaturated/α-hetero) is 1. The summed E-state index contributed by atoms with van der Waals surface area (Å²) >= 11 is 6.78. The van der Waals surface area contributed by atoms with E-state index in [-0.39, 0.29) is 5.78 Å². The highest BCUT2D eigenvalue weighted by Crippen LogP contribution is 2.23. The van der Waals surface area contributed by atoms with Crippen LogP contribution in [0.15, 0.2) is 16.6 Å². The lowest BCUT2D eigenvalue weighted by Gasteiger charge is -2.08. The van der Waals surface area contributed by atoms with Gasteiger partial charge in [-0.3, -0.25) is 4.79 Å². The van der Waals surface area contributed by atoms with Crippen LogP contribution in [0.3, 0.4) is 0 Å². The monoisotopic (exact) mass is 304 g/mol. The van der Waals surface area contributed by atoms with E-state index >= 15 is 0 Å². The minimum Gasteiger partial charge on any atom is -0.294 e.